The fourth-order valence-electron chi connectivity index (χ4n) is 4.72. The number of ketones is 1. The molecule has 182 valence electrons. The number of nitro groups is 1. The number of rotatable bonds is 7. The molecular formula is C27H28N2O6. The van der Waals surface area contributed by atoms with Crippen molar-refractivity contribution in [2.24, 2.45) is 5.41 Å². The lowest BCUT2D eigenvalue weighted by Gasteiger charge is -2.39. The quantitative estimate of drug-likeness (QED) is 0.264. The van der Waals surface area contributed by atoms with E-state index in [1.807, 2.05) is 44.2 Å². The van der Waals surface area contributed by atoms with Gasteiger partial charge in [-0.3, -0.25) is 14.9 Å². The molecule has 4 rings (SSSR count). The third-order valence-electron chi connectivity index (χ3n) is 6.23. The predicted molar refractivity (Wildman–Crippen MR) is 130 cm³/mol. The minimum Gasteiger partial charge on any atom is -0.490 e. The number of non-ortho nitro benzene ring substituents is 1. The lowest BCUT2D eigenvalue weighted by molar-refractivity contribution is -0.384. The standard InChI is InChI=1S/C27H28N2O6/c1-17-23(26(31)35-14-13-34-20-7-5-4-6-8-20)24(18-9-11-19(12-10-18)29(32)33)25-21(28-17)15-27(2,3)16-22(25)30/h4-12,24,28H,13-16H2,1-3H3/t24-/m0/s1. The van der Waals surface area contributed by atoms with Gasteiger partial charge >= 0.3 is 5.97 Å². The number of benzene rings is 2. The molecule has 0 radical (unpaired) electrons. The zero-order valence-corrected chi connectivity index (χ0v) is 20.0. The Hall–Kier alpha value is -3.94. The summed E-state index contributed by atoms with van der Waals surface area (Å²) in [5, 5.41) is 14.4. The number of esters is 1. The highest BCUT2D eigenvalue weighted by Crippen LogP contribution is 2.46. The maximum Gasteiger partial charge on any atom is 0.336 e. The van der Waals surface area contributed by atoms with E-state index in [1.54, 1.807) is 19.1 Å². The zero-order chi connectivity index (χ0) is 25.2. The number of ether oxygens (including phenoxy) is 2. The van der Waals surface area contributed by atoms with E-state index in [4.69, 9.17) is 9.47 Å². The van der Waals surface area contributed by atoms with Gasteiger partial charge in [-0.25, -0.2) is 4.79 Å². The van der Waals surface area contributed by atoms with E-state index in [1.165, 1.54) is 12.1 Å². The molecule has 0 saturated carbocycles. The largest absolute Gasteiger partial charge is 0.490 e. The van der Waals surface area contributed by atoms with Gasteiger partial charge in [-0.05, 0) is 36.5 Å². The fourth-order valence-corrected chi connectivity index (χ4v) is 4.72. The van der Waals surface area contributed by atoms with Crippen molar-refractivity contribution < 1.29 is 24.0 Å². The van der Waals surface area contributed by atoms with Gasteiger partial charge in [-0.2, -0.15) is 0 Å². The Morgan fingerprint density at radius 1 is 1.09 bits per heavy atom. The minimum absolute atomic E-state index is 0.0321. The number of nitro benzene ring substituents is 1. The number of carbonyl (C=O) groups excluding carboxylic acids is 2. The normalized spacial score (nSPS) is 19.1. The van der Waals surface area contributed by atoms with Crippen molar-refractivity contribution in [3.05, 3.63) is 92.8 Å². The lowest BCUT2D eigenvalue weighted by atomic mass is 9.68. The number of nitrogens with one attached hydrogen (secondary N) is 1. The topological polar surface area (TPSA) is 108 Å². The molecule has 1 atom stereocenters. The highest BCUT2D eigenvalue weighted by atomic mass is 16.6. The maximum absolute atomic E-state index is 13.3. The molecule has 1 aliphatic heterocycles. The van der Waals surface area contributed by atoms with E-state index in [-0.39, 0.29) is 30.1 Å². The summed E-state index contributed by atoms with van der Waals surface area (Å²) in [4.78, 5) is 37.2. The molecule has 35 heavy (non-hydrogen) atoms. The molecule has 2 aliphatic rings. The van der Waals surface area contributed by atoms with Crippen LogP contribution in [-0.2, 0) is 14.3 Å². The van der Waals surface area contributed by atoms with Crippen molar-refractivity contribution in [1.29, 1.82) is 0 Å². The molecular weight excluding hydrogens is 448 g/mol. The van der Waals surface area contributed by atoms with Crippen LogP contribution >= 0.6 is 0 Å². The van der Waals surface area contributed by atoms with Crippen molar-refractivity contribution in [2.45, 2.75) is 39.5 Å². The number of allylic oxidation sites excluding steroid dienone is 3. The molecule has 1 aliphatic carbocycles. The summed E-state index contributed by atoms with van der Waals surface area (Å²) in [5.41, 5.74) is 2.60. The zero-order valence-electron chi connectivity index (χ0n) is 20.0. The second-order valence-electron chi connectivity index (χ2n) is 9.58. The highest BCUT2D eigenvalue weighted by molar-refractivity contribution is 6.04. The number of hydrogen-bond donors (Lipinski definition) is 1. The molecule has 0 saturated heterocycles. The van der Waals surface area contributed by atoms with Gasteiger partial charge in [0.1, 0.15) is 19.0 Å². The van der Waals surface area contributed by atoms with Crippen LogP contribution in [0, 0.1) is 15.5 Å². The molecule has 0 fully saturated rings. The van der Waals surface area contributed by atoms with E-state index in [0.717, 1.165) is 5.70 Å². The summed E-state index contributed by atoms with van der Waals surface area (Å²) in [6.07, 6.45) is 1.01. The number of carbonyl (C=O) groups is 2. The molecule has 8 nitrogen and oxygen atoms in total. The molecule has 1 heterocycles. The number of Topliss-reactive ketones (excluding diaryl/α,β-unsaturated/α-hetero) is 1. The van der Waals surface area contributed by atoms with Gasteiger partial charge in [-0.15, -0.1) is 0 Å². The minimum atomic E-state index is -0.668. The summed E-state index contributed by atoms with van der Waals surface area (Å²) in [6, 6.07) is 15.2. The second-order valence-corrected chi connectivity index (χ2v) is 9.58. The van der Waals surface area contributed by atoms with Crippen LogP contribution in [0.2, 0.25) is 0 Å². The average Bonchev–Trinajstić information content (AvgIpc) is 2.80. The predicted octanol–water partition coefficient (Wildman–Crippen LogP) is 4.82. The van der Waals surface area contributed by atoms with E-state index >= 15 is 0 Å². The van der Waals surface area contributed by atoms with Crippen LogP contribution in [0.25, 0.3) is 0 Å². The van der Waals surface area contributed by atoms with Crippen LogP contribution in [0.5, 0.6) is 5.75 Å². The first-order valence-electron chi connectivity index (χ1n) is 11.5. The first-order valence-corrected chi connectivity index (χ1v) is 11.5. The molecule has 0 unspecified atom stereocenters. The van der Waals surface area contributed by atoms with Gasteiger partial charge in [0.15, 0.2) is 5.78 Å². The van der Waals surface area contributed by atoms with Crippen LogP contribution < -0.4 is 10.1 Å². The number of hydrogen-bond acceptors (Lipinski definition) is 7. The van der Waals surface area contributed by atoms with Gasteiger partial charge in [0, 0.05) is 41.4 Å². The van der Waals surface area contributed by atoms with E-state index in [9.17, 15) is 19.7 Å². The van der Waals surface area contributed by atoms with Gasteiger partial charge in [0.2, 0.25) is 0 Å². The summed E-state index contributed by atoms with van der Waals surface area (Å²) < 4.78 is 11.1. The van der Waals surface area contributed by atoms with Crippen LogP contribution in [0.4, 0.5) is 5.69 Å². The Kier molecular flexibility index (Phi) is 6.73. The van der Waals surface area contributed by atoms with E-state index in [2.05, 4.69) is 5.32 Å². The highest BCUT2D eigenvalue weighted by Gasteiger charge is 2.43. The molecule has 1 N–H and O–H groups in total. The van der Waals surface area contributed by atoms with Gasteiger partial charge in [0.25, 0.3) is 5.69 Å². The van der Waals surface area contributed by atoms with Gasteiger partial charge in [0.05, 0.1) is 10.5 Å². The molecule has 0 aromatic heterocycles. The average molecular weight is 477 g/mol. The summed E-state index contributed by atoms with van der Waals surface area (Å²) in [5.74, 6) is -0.595. The molecule has 0 bridgehead atoms. The van der Waals surface area contributed by atoms with Crippen LogP contribution in [-0.4, -0.2) is 29.9 Å². The Labute approximate surface area is 203 Å². The number of nitrogens with zero attached hydrogens (tertiary/aromatic N) is 1. The molecule has 2 aromatic rings. The van der Waals surface area contributed by atoms with Crippen LogP contribution in [0.1, 0.15) is 45.1 Å². The summed E-state index contributed by atoms with van der Waals surface area (Å²) in [6.45, 7) is 6.06. The van der Waals surface area contributed by atoms with Gasteiger partial charge < -0.3 is 14.8 Å². The Morgan fingerprint density at radius 2 is 1.77 bits per heavy atom. The SMILES string of the molecule is CC1=C(C(=O)OCCOc2ccccc2)[C@H](c2ccc([N+](=O)[O-])cc2)C2=C(CC(C)(C)CC2=O)N1. The maximum atomic E-state index is 13.3. The number of dihydropyridines is 1. The molecule has 2 aromatic carbocycles. The van der Waals surface area contributed by atoms with E-state index < -0.39 is 16.8 Å². The Morgan fingerprint density at radius 3 is 2.43 bits per heavy atom. The third-order valence-corrected chi connectivity index (χ3v) is 6.23. The first kappa shape index (κ1) is 24.2. The van der Waals surface area contributed by atoms with Gasteiger partial charge in [-0.1, -0.05) is 44.2 Å². The van der Waals surface area contributed by atoms with Crippen molar-refractivity contribution in [2.75, 3.05) is 13.2 Å². The molecule has 8 heteroatoms. The lowest BCUT2D eigenvalue weighted by Crippen LogP contribution is -2.38. The third kappa shape index (κ3) is 5.26. The smallest absolute Gasteiger partial charge is 0.336 e. The second kappa shape index (κ2) is 9.74. The van der Waals surface area contributed by atoms with E-state index in [0.29, 0.717) is 41.0 Å². The Balaban J connectivity index is 1.62. The monoisotopic (exact) mass is 476 g/mol. The van der Waals surface area contributed by atoms with Crippen molar-refractivity contribution in [3.8, 4) is 5.75 Å². The number of para-hydroxylation sites is 1. The van der Waals surface area contributed by atoms with Crippen molar-refractivity contribution in [1.82, 2.24) is 5.32 Å². The van der Waals surface area contributed by atoms with Crippen molar-refractivity contribution in [3.63, 3.8) is 0 Å². The molecule has 0 spiro atoms. The Bertz CT molecular complexity index is 1210. The van der Waals surface area contributed by atoms with Crippen LogP contribution in [0.15, 0.2) is 77.1 Å². The first-order chi connectivity index (χ1) is 16.7. The van der Waals surface area contributed by atoms with Crippen molar-refractivity contribution >= 4 is 17.4 Å². The summed E-state index contributed by atoms with van der Waals surface area (Å²) >= 11 is 0. The summed E-state index contributed by atoms with van der Waals surface area (Å²) in [7, 11) is 0. The fraction of sp³-hybridized carbons (Fsp3) is 0.333. The molecule has 0 amide bonds. The van der Waals surface area contributed by atoms with Crippen LogP contribution in [0.3, 0.4) is 0 Å².